The van der Waals surface area contributed by atoms with Crippen LogP contribution in [0.5, 0.6) is 5.75 Å². The highest BCUT2D eigenvalue weighted by atomic mass is 19.1. The average Bonchev–Trinajstić information content (AvgIpc) is 2.95. The third-order valence-electron chi connectivity index (χ3n) is 3.02. The molecule has 1 aromatic carbocycles. The van der Waals surface area contributed by atoms with E-state index < -0.39 is 0 Å². The molecular formula is C15H19FN4O3. The van der Waals surface area contributed by atoms with Crippen molar-refractivity contribution in [3.05, 3.63) is 41.8 Å². The monoisotopic (exact) mass is 322 g/mol. The molecule has 0 aliphatic rings. The molecule has 0 aliphatic heterocycles. The van der Waals surface area contributed by atoms with Crippen LogP contribution in [0, 0.1) is 12.7 Å². The molecule has 0 aliphatic carbocycles. The smallest absolute Gasteiger partial charge is 0.315 e. The number of halogens is 1. The zero-order valence-corrected chi connectivity index (χ0v) is 13.0. The van der Waals surface area contributed by atoms with Crippen LogP contribution in [0.2, 0.25) is 0 Å². The van der Waals surface area contributed by atoms with Gasteiger partial charge < -0.3 is 19.9 Å². The Labute approximate surface area is 133 Å². The molecule has 2 rings (SSSR count). The highest BCUT2D eigenvalue weighted by Crippen LogP contribution is 2.14. The summed E-state index contributed by atoms with van der Waals surface area (Å²) >= 11 is 0. The summed E-state index contributed by atoms with van der Waals surface area (Å²) in [5.41, 5.74) is 0. The van der Waals surface area contributed by atoms with Crippen molar-refractivity contribution in [1.82, 2.24) is 20.8 Å². The van der Waals surface area contributed by atoms with Crippen LogP contribution in [0.3, 0.4) is 0 Å². The Morgan fingerprint density at radius 2 is 2.26 bits per heavy atom. The van der Waals surface area contributed by atoms with Crippen LogP contribution in [0.25, 0.3) is 0 Å². The van der Waals surface area contributed by atoms with Crippen LogP contribution < -0.4 is 15.4 Å². The lowest BCUT2D eigenvalue weighted by molar-refractivity contribution is 0.189. The van der Waals surface area contributed by atoms with Gasteiger partial charge in [-0.25, -0.2) is 9.18 Å². The molecule has 1 unspecified atom stereocenters. The minimum Gasteiger partial charge on any atom is -0.489 e. The zero-order chi connectivity index (χ0) is 16.7. The fraction of sp³-hybridized carbons (Fsp3) is 0.400. The van der Waals surface area contributed by atoms with Crippen molar-refractivity contribution >= 4 is 6.03 Å². The first kappa shape index (κ1) is 16.7. The molecule has 1 aromatic heterocycles. The standard InChI is InChI=1S/C15H19FN4O3/c1-3-12(22-13-6-4-5-11(16)7-13)8-17-15(21)18-9-14-19-10(2)23-20-14/h4-7,12H,3,8-9H2,1-2H3,(H2,17,18,21). The number of urea groups is 1. The highest BCUT2D eigenvalue weighted by Gasteiger charge is 2.11. The lowest BCUT2D eigenvalue weighted by Gasteiger charge is -2.18. The quantitative estimate of drug-likeness (QED) is 0.815. The van der Waals surface area contributed by atoms with Crippen LogP contribution >= 0.6 is 0 Å². The summed E-state index contributed by atoms with van der Waals surface area (Å²) in [6.45, 7) is 4.06. The van der Waals surface area contributed by atoms with E-state index in [1.54, 1.807) is 19.1 Å². The maximum absolute atomic E-state index is 13.1. The fourth-order valence-electron chi connectivity index (χ4n) is 1.84. The van der Waals surface area contributed by atoms with E-state index in [1.807, 2.05) is 6.92 Å². The number of amides is 2. The van der Waals surface area contributed by atoms with E-state index in [9.17, 15) is 9.18 Å². The Balaban J connectivity index is 1.74. The van der Waals surface area contributed by atoms with E-state index in [4.69, 9.17) is 9.26 Å². The molecule has 1 atom stereocenters. The maximum atomic E-state index is 13.1. The molecule has 0 bridgehead atoms. The first-order chi connectivity index (χ1) is 11.1. The molecule has 0 fully saturated rings. The summed E-state index contributed by atoms with van der Waals surface area (Å²) in [5, 5.41) is 8.98. The van der Waals surface area contributed by atoms with Crippen molar-refractivity contribution in [3.8, 4) is 5.75 Å². The summed E-state index contributed by atoms with van der Waals surface area (Å²) in [5.74, 6) is 0.914. The Kier molecular flexibility index (Phi) is 5.90. The molecule has 23 heavy (non-hydrogen) atoms. The van der Waals surface area contributed by atoms with Crippen molar-refractivity contribution in [1.29, 1.82) is 0 Å². The van der Waals surface area contributed by atoms with Crippen molar-refractivity contribution < 1.29 is 18.4 Å². The zero-order valence-electron chi connectivity index (χ0n) is 13.0. The fourth-order valence-corrected chi connectivity index (χ4v) is 1.84. The topological polar surface area (TPSA) is 89.3 Å². The molecule has 2 aromatic rings. The van der Waals surface area contributed by atoms with Gasteiger partial charge >= 0.3 is 6.03 Å². The van der Waals surface area contributed by atoms with Gasteiger partial charge in [0.2, 0.25) is 5.89 Å². The van der Waals surface area contributed by atoms with E-state index in [0.717, 1.165) is 0 Å². The largest absolute Gasteiger partial charge is 0.489 e. The van der Waals surface area contributed by atoms with Crippen molar-refractivity contribution in [2.24, 2.45) is 0 Å². The number of rotatable bonds is 7. The Bertz CT molecular complexity index is 647. The number of carbonyl (C=O) groups is 1. The van der Waals surface area contributed by atoms with Gasteiger partial charge in [0.15, 0.2) is 5.82 Å². The minimum atomic E-state index is -0.367. The molecule has 2 amide bonds. The number of ether oxygens (including phenoxy) is 1. The molecule has 1 heterocycles. The molecular weight excluding hydrogens is 303 g/mol. The van der Waals surface area contributed by atoms with Gasteiger partial charge in [-0.2, -0.15) is 4.98 Å². The van der Waals surface area contributed by atoms with E-state index in [-0.39, 0.29) is 24.5 Å². The van der Waals surface area contributed by atoms with Crippen molar-refractivity contribution in [3.63, 3.8) is 0 Å². The molecule has 0 radical (unpaired) electrons. The van der Waals surface area contributed by atoms with Gasteiger partial charge in [0.1, 0.15) is 17.7 Å². The number of aryl methyl sites for hydroxylation is 1. The lowest BCUT2D eigenvalue weighted by Crippen LogP contribution is -2.41. The number of benzene rings is 1. The van der Waals surface area contributed by atoms with Crippen LogP contribution in [-0.2, 0) is 6.54 Å². The summed E-state index contributed by atoms with van der Waals surface area (Å²) in [6, 6.07) is 5.53. The number of aromatic nitrogens is 2. The molecule has 0 spiro atoms. The number of nitrogens with one attached hydrogen (secondary N) is 2. The van der Waals surface area contributed by atoms with Crippen LogP contribution in [0.1, 0.15) is 25.1 Å². The van der Waals surface area contributed by atoms with Crippen LogP contribution in [0.4, 0.5) is 9.18 Å². The third-order valence-corrected chi connectivity index (χ3v) is 3.02. The first-order valence-electron chi connectivity index (χ1n) is 7.30. The summed E-state index contributed by atoms with van der Waals surface area (Å²) in [6.07, 6.45) is 0.413. The Morgan fingerprint density at radius 3 is 2.91 bits per heavy atom. The van der Waals surface area contributed by atoms with Crippen molar-refractivity contribution in [2.45, 2.75) is 32.9 Å². The van der Waals surface area contributed by atoms with Crippen LogP contribution in [0.15, 0.2) is 28.8 Å². The Morgan fingerprint density at radius 1 is 1.43 bits per heavy atom. The van der Waals surface area contributed by atoms with Crippen LogP contribution in [-0.4, -0.2) is 28.8 Å². The van der Waals surface area contributed by atoms with Gasteiger partial charge in [-0.1, -0.05) is 18.1 Å². The second-order valence-electron chi connectivity index (χ2n) is 4.90. The predicted octanol–water partition coefficient (Wildman–Crippen LogP) is 2.17. The van der Waals surface area contributed by atoms with E-state index in [0.29, 0.717) is 30.4 Å². The Hall–Kier alpha value is -2.64. The predicted molar refractivity (Wildman–Crippen MR) is 80.4 cm³/mol. The van der Waals surface area contributed by atoms with Gasteiger partial charge in [0, 0.05) is 13.0 Å². The van der Waals surface area contributed by atoms with Gasteiger partial charge in [-0.15, -0.1) is 0 Å². The second-order valence-corrected chi connectivity index (χ2v) is 4.90. The number of nitrogens with zero attached hydrogens (tertiary/aromatic N) is 2. The van der Waals surface area contributed by atoms with Gasteiger partial charge in [0.25, 0.3) is 0 Å². The number of carbonyl (C=O) groups excluding carboxylic acids is 1. The van der Waals surface area contributed by atoms with Gasteiger partial charge in [-0.05, 0) is 18.6 Å². The van der Waals surface area contributed by atoms with E-state index in [2.05, 4.69) is 20.8 Å². The SMILES string of the molecule is CCC(CNC(=O)NCc1noc(C)n1)Oc1cccc(F)c1. The normalized spacial score (nSPS) is 11.8. The third kappa shape index (κ3) is 5.57. The summed E-state index contributed by atoms with van der Waals surface area (Å²) in [4.78, 5) is 15.7. The molecule has 7 nitrogen and oxygen atoms in total. The maximum Gasteiger partial charge on any atom is 0.315 e. The van der Waals surface area contributed by atoms with Gasteiger partial charge in [-0.3, -0.25) is 0 Å². The number of hydrogen-bond donors (Lipinski definition) is 2. The second kappa shape index (κ2) is 8.11. The molecule has 0 saturated heterocycles. The summed E-state index contributed by atoms with van der Waals surface area (Å²) < 4.78 is 23.6. The molecule has 2 N–H and O–H groups in total. The average molecular weight is 322 g/mol. The molecule has 124 valence electrons. The number of hydrogen-bond acceptors (Lipinski definition) is 5. The van der Waals surface area contributed by atoms with Crippen molar-refractivity contribution in [2.75, 3.05) is 6.54 Å². The van der Waals surface area contributed by atoms with E-state index >= 15 is 0 Å². The molecule has 0 saturated carbocycles. The minimum absolute atomic E-state index is 0.171. The van der Waals surface area contributed by atoms with E-state index in [1.165, 1.54) is 12.1 Å². The first-order valence-corrected chi connectivity index (χ1v) is 7.30. The lowest BCUT2D eigenvalue weighted by atomic mass is 10.2. The summed E-state index contributed by atoms with van der Waals surface area (Å²) in [7, 11) is 0. The molecule has 8 heteroatoms. The highest BCUT2D eigenvalue weighted by molar-refractivity contribution is 5.73. The van der Waals surface area contributed by atoms with Gasteiger partial charge in [0.05, 0.1) is 13.1 Å².